The average Bonchev–Trinajstić information content (AvgIpc) is 0.773. The van der Waals surface area contributed by atoms with E-state index in [1.165, 1.54) is 13.8 Å². The van der Waals surface area contributed by atoms with E-state index in [0.29, 0.717) is 0 Å². The lowest BCUT2D eigenvalue weighted by molar-refractivity contribution is -0.398. The molecule has 0 bridgehead atoms. The number of aliphatic hydroxyl groups excluding tert-OH is 20. The number of aliphatic carboxylic acids is 1. The van der Waals surface area contributed by atoms with Gasteiger partial charge >= 0.3 is 5.97 Å². The second kappa shape index (κ2) is 33.0. The van der Waals surface area contributed by atoms with Crippen LogP contribution in [-0.2, 0) is 76.0 Å². The van der Waals surface area contributed by atoms with Crippen LogP contribution in [0.1, 0.15) is 41.0 Å². The fourth-order valence-corrected chi connectivity index (χ4v) is 11.4. The van der Waals surface area contributed by atoms with Crippen LogP contribution in [0.3, 0.4) is 0 Å². The number of carbonyl (C=O) groups is 4. The Balaban J connectivity index is 1.42. The molecule has 0 radical (unpaired) electrons. The van der Waals surface area contributed by atoms with E-state index in [2.05, 4.69) is 16.0 Å². The fraction of sp³-hybridized carbons (Fsp3) is 0.922. The Hall–Kier alpha value is -3.40. The molecule has 0 aliphatic carbocycles. The molecule has 0 saturated carbocycles. The van der Waals surface area contributed by atoms with Crippen LogP contribution in [0.2, 0.25) is 0 Å². The van der Waals surface area contributed by atoms with Crippen LogP contribution in [0.25, 0.3) is 0 Å². The molecule has 0 aromatic carbocycles. The summed E-state index contributed by atoms with van der Waals surface area (Å²) in [6.45, 7) is -1.84. The van der Waals surface area contributed by atoms with Crippen LogP contribution in [-0.4, -0.2) is 385 Å². The van der Waals surface area contributed by atoms with Gasteiger partial charge in [0.1, 0.15) is 146 Å². The first kappa shape index (κ1) is 76.6. The molecule has 40 nitrogen and oxygen atoms in total. The van der Waals surface area contributed by atoms with Gasteiger partial charge in [0.05, 0.1) is 70.0 Å². The Morgan fingerprint density at radius 3 is 1.45 bits per heavy atom. The number of carbonyl (C=O) groups excluding carboxylic acids is 3. The van der Waals surface area contributed by atoms with Gasteiger partial charge in [0.25, 0.3) is 5.79 Å². The zero-order valence-electron chi connectivity index (χ0n) is 49.5. The van der Waals surface area contributed by atoms with Crippen LogP contribution in [0, 0.1) is 0 Å². The van der Waals surface area contributed by atoms with Crippen LogP contribution in [0.4, 0.5) is 0 Å². The number of hydrogen-bond donors (Lipinski definition) is 24. The molecule has 0 spiro atoms. The van der Waals surface area contributed by atoms with Crippen molar-refractivity contribution in [2.24, 2.45) is 0 Å². The first-order chi connectivity index (χ1) is 42.7. The number of carboxylic acids is 1. The van der Waals surface area contributed by atoms with Crippen LogP contribution in [0.15, 0.2) is 0 Å². The van der Waals surface area contributed by atoms with Crippen molar-refractivity contribution in [3.05, 3.63) is 0 Å². The number of rotatable bonds is 27. The molecule has 91 heavy (non-hydrogen) atoms. The summed E-state index contributed by atoms with van der Waals surface area (Å²) in [5.41, 5.74) is 0. The number of carboxylic acid groups (broad SMARTS) is 1. The first-order valence-electron chi connectivity index (χ1n) is 28.9. The molecule has 24 N–H and O–H groups in total. The fourth-order valence-electron chi connectivity index (χ4n) is 11.4. The van der Waals surface area contributed by atoms with Gasteiger partial charge in [-0.1, -0.05) is 0 Å². The summed E-state index contributed by atoms with van der Waals surface area (Å²) in [6.07, 6.45) is -66.3. The quantitative estimate of drug-likeness (QED) is 0.0363. The summed E-state index contributed by atoms with van der Waals surface area (Å²) < 4.78 is 70.9. The maximum absolute atomic E-state index is 13.4. The second-order valence-corrected chi connectivity index (χ2v) is 22.9. The molecule has 6 aliphatic rings. The number of aliphatic hydroxyl groups is 20. The van der Waals surface area contributed by atoms with Gasteiger partial charge in [-0.05, 0) is 13.8 Å². The predicted octanol–water partition coefficient (Wildman–Crippen LogP) is -14.9. The van der Waals surface area contributed by atoms with E-state index in [0.717, 1.165) is 20.8 Å². The Labute approximate surface area is 516 Å². The highest BCUT2D eigenvalue weighted by molar-refractivity contribution is 5.77. The summed E-state index contributed by atoms with van der Waals surface area (Å²) in [5, 5.41) is 237. The van der Waals surface area contributed by atoms with Gasteiger partial charge < -0.3 is 180 Å². The van der Waals surface area contributed by atoms with Gasteiger partial charge in [-0.15, -0.1) is 0 Å². The molecule has 35 atom stereocenters. The zero-order valence-corrected chi connectivity index (χ0v) is 49.5. The van der Waals surface area contributed by atoms with Gasteiger partial charge in [0, 0.05) is 27.2 Å². The number of nitrogens with one attached hydrogen (secondary N) is 3. The topological polar surface area (TPSA) is 640 Å². The van der Waals surface area contributed by atoms with Crippen LogP contribution in [0.5, 0.6) is 0 Å². The minimum absolute atomic E-state index is 0.855. The van der Waals surface area contributed by atoms with E-state index in [9.17, 15) is 126 Å². The summed E-state index contributed by atoms with van der Waals surface area (Å²) in [7, 11) is 0. The van der Waals surface area contributed by atoms with Crippen LogP contribution < -0.4 is 16.0 Å². The van der Waals surface area contributed by atoms with Gasteiger partial charge in [0.2, 0.25) is 17.7 Å². The van der Waals surface area contributed by atoms with Gasteiger partial charge in [-0.25, -0.2) is 4.79 Å². The molecule has 0 aromatic rings. The lowest BCUT2D eigenvalue weighted by Gasteiger charge is -2.52. The molecule has 6 rings (SSSR count). The third kappa shape index (κ3) is 17.2. The van der Waals surface area contributed by atoms with Crippen molar-refractivity contribution in [2.75, 3.05) is 39.6 Å². The molecule has 40 heteroatoms. The van der Waals surface area contributed by atoms with Gasteiger partial charge in [0.15, 0.2) is 31.5 Å². The molecule has 6 aliphatic heterocycles. The van der Waals surface area contributed by atoms with E-state index in [1.54, 1.807) is 0 Å². The standard InChI is InChI=1S/C51H87N3O37/c1-13-27(67)32(72)34(74)46(80-13)85-38(18(7-55)52-15(3)61)39(21(66)9-57)86-48-36(76)43(30(70)22(10-58)82-48)89-45-26(54-17(5)63)42(40(24(12-60)84-45)87-47-35(75)33(73)28(68)14(2)81-47)88-49-37(77)44(31(71)23(11-59)83-49)91-51(50(78)79)6-19(64)25(53-16(4)62)41(90-51)29(69)20(65)8-56/h13-14,18-49,55-60,64-77H,6-12H2,1-5H3,(H,52,61)(H,53,62)(H,54,63)(H,78,79)/t13-,14-,18-,19-,20+,21+,22+,23+,24+,25+,26+,27+,28+,29+,30-,31-,32+,33+,34-,35-,36+,37+,38+,39+,40+,41+,42+,43-,44-,45-,46-,47-,48-,49-,51-/m0/s1. The van der Waals surface area contributed by atoms with Gasteiger partial charge in [-0.3, -0.25) is 14.4 Å². The molecule has 6 heterocycles. The van der Waals surface area contributed by atoms with Crippen molar-refractivity contribution >= 4 is 23.7 Å². The van der Waals surface area contributed by atoms with Crippen LogP contribution >= 0.6 is 0 Å². The lowest BCUT2D eigenvalue weighted by Crippen LogP contribution is -2.72. The molecular formula is C51H87N3O37. The average molecular weight is 1330 g/mol. The van der Waals surface area contributed by atoms with Crippen molar-refractivity contribution in [1.82, 2.24) is 16.0 Å². The highest BCUT2D eigenvalue weighted by Crippen LogP contribution is 2.41. The zero-order chi connectivity index (χ0) is 68.0. The molecular weight excluding hydrogens is 1250 g/mol. The number of amides is 3. The van der Waals surface area contributed by atoms with E-state index < -0.39 is 284 Å². The molecule has 6 saturated heterocycles. The third-order valence-corrected chi connectivity index (χ3v) is 16.3. The molecule has 528 valence electrons. The highest BCUT2D eigenvalue weighted by atomic mass is 16.8. The maximum Gasteiger partial charge on any atom is 0.364 e. The van der Waals surface area contributed by atoms with Gasteiger partial charge in [-0.2, -0.15) is 0 Å². The van der Waals surface area contributed by atoms with Crippen molar-refractivity contribution < 1.29 is 183 Å². The lowest BCUT2D eigenvalue weighted by atomic mass is 9.88. The molecule has 3 amide bonds. The third-order valence-electron chi connectivity index (χ3n) is 16.3. The normalized spacial score (nSPS) is 44.3. The Bertz CT molecular complexity index is 2330. The first-order valence-corrected chi connectivity index (χ1v) is 28.9. The van der Waals surface area contributed by atoms with E-state index >= 15 is 0 Å². The Morgan fingerprint density at radius 2 is 0.934 bits per heavy atom. The smallest absolute Gasteiger partial charge is 0.364 e. The predicted molar refractivity (Wildman–Crippen MR) is 283 cm³/mol. The summed E-state index contributed by atoms with van der Waals surface area (Å²) in [5.74, 6) is -8.24. The highest BCUT2D eigenvalue weighted by Gasteiger charge is 2.62. The molecule has 0 unspecified atom stereocenters. The summed E-state index contributed by atoms with van der Waals surface area (Å²) in [4.78, 5) is 51.4. The van der Waals surface area contributed by atoms with Crippen molar-refractivity contribution in [3.63, 3.8) is 0 Å². The number of ether oxygens (including phenoxy) is 12. The van der Waals surface area contributed by atoms with E-state index in [4.69, 9.17) is 56.8 Å². The Morgan fingerprint density at radius 1 is 0.484 bits per heavy atom. The van der Waals surface area contributed by atoms with E-state index in [-0.39, 0.29) is 0 Å². The minimum atomic E-state index is -3.32. The maximum atomic E-state index is 13.4. The Kier molecular flexibility index (Phi) is 27.8. The summed E-state index contributed by atoms with van der Waals surface area (Å²) in [6, 6.07) is -5.55. The summed E-state index contributed by atoms with van der Waals surface area (Å²) >= 11 is 0. The largest absolute Gasteiger partial charge is 0.477 e. The molecule has 6 fully saturated rings. The number of hydrogen-bond acceptors (Lipinski definition) is 36. The van der Waals surface area contributed by atoms with Crippen molar-refractivity contribution in [3.8, 4) is 0 Å². The van der Waals surface area contributed by atoms with Crippen molar-refractivity contribution in [1.29, 1.82) is 0 Å². The van der Waals surface area contributed by atoms with Crippen molar-refractivity contribution in [2.45, 2.75) is 255 Å². The SMILES string of the molecule is CC(=O)N[C@H]1[C@H](O[C@H]2[C@@H](O)[C@@H](CO)O[C@@H](O[C@@H]([C@H](O[C@@H]3O[C@@H](C)[C@@H](O)[C@@H](O)[C@@H]3O)[C@H](CO)NC(C)=O)[C@H](O)CO)[C@@H]2O)O[C@H](CO)[C@@H](O[C@@H]2O[C@@H](C)[C@@H](O)[C@@H](O)[C@@H]2O)[C@@H]1O[C@@H]1O[C@H](CO)[C@H](O)[C@H](O[C@]2(C(=O)O)C[C@H](O)[C@@H](NC(C)=O)[C@H]([C@H](O)[C@H](O)CO)O2)[C@H]1O. The minimum Gasteiger partial charge on any atom is -0.477 e. The molecule has 0 aromatic heterocycles. The second-order valence-electron chi connectivity index (χ2n) is 22.9. The van der Waals surface area contributed by atoms with E-state index in [1.807, 2.05) is 0 Å². The monoisotopic (exact) mass is 1330 g/mol.